The SMILES string of the molecule is CNCc1ccc(S(=O)(=O)N(C)c2ccccc2)c(F)c1. The van der Waals surface area contributed by atoms with Gasteiger partial charge in [0.1, 0.15) is 10.7 Å². The summed E-state index contributed by atoms with van der Waals surface area (Å²) in [7, 11) is -0.766. The Labute approximate surface area is 124 Å². The molecule has 2 aromatic rings. The zero-order valence-electron chi connectivity index (χ0n) is 11.9. The molecule has 4 nitrogen and oxygen atoms in total. The Morgan fingerprint density at radius 1 is 1.14 bits per heavy atom. The predicted molar refractivity (Wildman–Crippen MR) is 81.2 cm³/mol. The van der Waals surface area contributed by atoms with Gasteiger partial charge in [0, 0.05) is 13.6 Å². The minimum Gasteiger partial charge on any atom is -0.316 e. The molecule has 0 aliphatic rings. The van der Waals surface area contributed by atoms with Gasteiger partial charge in [-0.15, -0.1) is 0 Å². The van der Waals surface area contributed by atoms with Crippen molar-refractivity contribution in [2.24, 2.45) is 0 Å². The van der Waals surface area contributed by atoms with Crippen molar-refractivity contribution >= 4 is 15.7 Å². The maximum absolute atomic E-state index is 14.1. The first-order valence-corrected chi connectivity index (χ1v) is 7.88. The van der Waals surface area contributed by atoms with Crippen LogP contribution in [0.15, 0.2) is 53.4 Å². The minimum absolute atomic E-state index is 0.325. The first-order chi connectivity index (χ1) is 9.96. The Hall–Kier alpha value is -1.92. The highest BCUT2D eigenvalue weighted by atomic mass is 32.2. The Bertz CT molecular complexity index is 718. The average molecular weight is 308 g/mol. The van der Waals surface area contributed by atoms with Crippen LogP contribution in [0, 0.1) is 5.82 Å². The number of sulfonamides is 1. The van der Waals surface area contributed by atoms with E-state index >= 15 is 0 Å². The van der Waals surface area contributed by atoms with E-state index in [1.54, 1.807) is 43.4 Å². The molecule has 0 aliphatic carbocycles. The number of hydrogen-bond donors (Lipinski definition) is 1. The van der Waals surface area contributed by atoms with Gasteiger partial charge in [0.25, 0.3) is 10.0 Å². The third-order valence-corrected chi connectivity index (χ3v) is 4.95. The number of benzene rings is 2. The monoisotopic (exact) mass is 308 g/mol. The molecule has 0 aromatic heterocycles. The van der Waals surface area contributed by atoms with Gasteiger partial charge in [-0.25, -0.2) is 12.8 Å². The fourth-order valence-corrected chi connectivity index (χ4v) is 3.23. The number of para-hydroxylation sites is 1. The molecule has 1 N–H and O–H groups in total. The van der Waals surface area contributed by atoms with E-state index < -0.39 is 15.8 Å². The predicted octanol–water partition coefficient (Wildman–Crippen LogP) is 2.37. The van der Waals surface area contributed by atoms with Crippen molar-refractivity contribution in [1.29, 1.82) is 0 Å². The number of halogens is 1. The summed E-state index contributed by atoms with van der Waals surface area (Å²) in [5, 5.41) is 2.89. The molecule has 6 heteroatoms. The van der Waals surface area contributed by atoms with Gasteiger partial charge in [0.15, 0.2) is 0 Å². The Morgan fingerprint density at radius 2 is 1.81 bits per heavy atom. The van der Waals surface area contributed by atoms with E-state index in [0.717, 1.165) is 4.31 Å². The molecule has 0 aliphatic heterocycles. The molecule has 0 spiro atoms. The van der Waals surface area contributed by atoms with Gasteiger partial charge < -0.3 is 5.32 Å². The molecular formula is C15H17FN2O2S. The minimum atomic E-state index is -3.92. The lowest BCUT2D eigenvalue weighted by atomic mass is 10.2. The van der Waals surface area contributed by atoms with Crippen molar-refractivity contribution in [1.82, 2.24) is 5.32 Å². The molecule has 0 atom stereocenters. The Balaban J connectivity index is 2.40. The van der Waals surface area contributed by atoms with Gasteiger partial charge in [-0.2, -0.15) is 0 Å². The summed E-state index contributed by atoms with van der Waals surface area (Å²) in [6.45, 7) is 0.478. The van der Waals surface area contributed by atoms with Crippen molar-refractivity contribution in [2.45, 2.75) is 11.4 Å². The van der Waals surface area contributed by atoms with Crippen molar-refractivity contribution in [2.75, 3.05) is 18.4 Å². The maximum atomic E-state index is 14.1. The molecule has 21 heavy (non-hydrogen) atoms. The number of rotatable bonds is 5. The van der Waals surface area contributed by atoms with E-state index in [1.165, 1.54) is 19.2 Å². The summed E-state index contributed by atoms with van der Waals surface area (Å²) >= 11 is 0. The van der Waals surface area contributed by atoms with Crippen molar-refractivity contribution in [3.8, 4) is 0 Å². The molecule has 2 aromatic carbocycles. The van der Waals surface area contributed by atoms with Gasteiger partial charge in [-0.1, -0.05) is 24.3 Å². The lowest BCUT2D eigenvalue weighted by Gasteiger charge is -2.20. The highest BCUT2D eigenvalue weighted by Gasteiger charge is 2.24. The maximum Gasteiger partial charge on any atom is 0.266 e. The van der Waals surface area contributed by atoms with E-state index in [9.17, 15) is 12.8 Å². The quantitative estimate of drug-likeness (QED) is 0.922. The highest BCUT2D eigenvalue weighted by molar-refractivity contribution is 7.92. The topological polar surface area (TPSA) is 49.4 Å². The van der Waals surface area contributed by atoms with Crippen LogP contribution in [0.5, 0.6) is 0 Å². The van der Waals surface area contributed by atoms with E-state index in [-0.39, 0.29) is 4.90 Å². The van der Waals surface area contributed by atoms with Crippen LogP contribution in [0.2, 0.25) is 0 Å². The molecule has 112 valence electrons. The molecule has 0 saturated heterocycles. The van der Waals surface area contributed by atoms with Crippen molar-refractivity contribution in [3.63, 3.8) is 0 Å². The molecule has 0 radical (unpaired) electrons. The van der Waals surface area contributed by atoms with Crippen LogP contribution in [-0.2, 0) is 16.6 Å². The zero-order valence-corrected chi connectivity index (χ0v) is 12.7. The van der Waals surface area contributed by atoms with Crippen LogP contribution in [0.4, 0.5) is 10.1 Å². The first kappa shape index (κ1) is 15.5. The highest BCUT2D eigenvalue weighted by Crippen LogP contribution is 2.24. The molecular weight excluding hydrogens is 291 g/mol. The van der Waals surface area contributed by atoms with Crippen molar-refractivity contribution in [3.05, 3.63) is 59.9 Å². The second-order valence-electron chi connectivity index (χ2n) is 4.60. The lowest BCUT2D eigenvalue weighted by Crippen LogP contribution is -2.27. The van der Waals surface area contributed by atoms with Gasteiger partial charge in [-0.3, -0.25) is 4.31 Å². The molecule has 0 saturated carbocycles. The number of nitrogens with one attached hydrogen (secondary N) is 1. The lowest BCUT2D eigenvalue weighted by molar-refractivity contribution is 0.564. The molecule has 0 bridgehead atoms. The van der Waals surface area contributed by atoms with Crippen LogP contribution >= 0.6 is 0 Å². The van der Waals surface area contributed by atoms with Crippen LogP contribution in [0.25, 0.3) is 0 Å². The standard InChI is InChI=1S/C15H17FN2O2S/c1-17-11-12-8-9-15(14(16)10-12)21(19,20)18(2)13-6-4-3-5-7-13/h3-10,17H,11H2,1-2H3. The van der Waals surface area contributed by atoms with Crippen LogP contribution in [0.1, 0.15) is 5.56 Å². The molecule has 2 rings (SSSR count). The van der Waals surface area contributed by atoms with Crippen LogP contribution in [-0.4, -0.2) is 22.5 Å². The zero-order chi connectivity index (χ0) is 15.5. The smallest absolute Gasteiger partial charge is 0.266 e. The van der Waals surface area contributed by atoms with Gasteiger partial charge in [0.05, 0.1) is 5.69 Å². The van der Waals surface area contributed by atoms with Crippen LogP contribution in [0.3, 0.4) is 0 Å². The average Bonchev–Trinajstić information content (AvgIpc) is 2.47. The molecule has 0 amide bonds. The van der Waals surface area contributed by atoms with E-state index in [2.05, 4.69) is 5.32 Å². The fraction of sp³-hybridized carbons (Fsp3) is 0.200. The van der Waals surface area contributed by atoms with E-state index in [1.807, 2.05) is 0 Å². The Kier molecular flexibility index (Phi) is 4.59. The second-order valence-corrected chi connectivity index (χ2v) is 6.54. The first-order valence-electron chi connectivity index (χ1n) is 6.44. The largest absolute Gasteiger partial charge is 0.316 e. The summed E-state index contributed by atoms with van der Waals surface area (Å²) < 4.78 is 40.2. The summed E-state index contributed by atoms with van der Waals surface area (Å²) in [4.78, 5) is -0.325. The third kappa shape index (κ3) is 3.22. The number of hydrogen-bond acceptors (Lipinski definition) is 3. The summed E-state index contributed by atoms with van der Waals surface area (Å²) in [5.74, 6) is -0.745. The number of anilines is 1. The van der Waals surface area contributed by atoms with E-state index in [4.69, 9.17) is 0 Å². The molecule has 0 fully saturated rings. The van der Waals surface area contributed by atoms with E-state index in [0.29, 0.717) is 17.8 Å². The summed E-state index contributed by atoms with van der Waals surface area (Å²) in [6, 6.07) is 12.7. The van der Waals surface area contributed by atoms with Crippen molar-refractivity contribution < 1.29 is 12.8 Å². The second kappa shape index (κ2) is 6.24. The fourth-order valence-electron chi connectivity index (χ4n) is 1.99. The third-order valence-electron chi connectivity index (χ3n) is 3.14. The Morgan fingerprint density at radius 3 is 2.38 bits per heavy atom. The summed E-state index contributed by atoms with van der Waals surface area (Å²) in [6.07, 6.45) is 0. The van der Waals surface area contributed by atoms with Gasteiger partial charge in [-0.05, 0) is 36.9 Å². The molecule has 0 unspecified atom stereocenters. The molecule has 0 heterocycles. The summed E-state index contributed by atoms with van der Waals surface area (Å²) in [5.41, 5.74) is 1.17. The normalized spacial score (nSPS) is 11.4. The number of nitrogens with zero attached hydrogens (tertiary/aromatic N) is 1. The van der Waals surface area contributed by atoms with Gasteiger partial charge in [0.2, 0.25) is 0 Å². The van der Waals surface area contributed by atoms with Crippen LogP contribution < -0.4 is 9.62 Å². The van der Waals surface area contributed by atoms with Gasteiger partial charge >= 0.3 is 0 Å².